The fourth-order valence-corrected chi connectivity index (χ4v) is 4.49. The Hall–Kier alpha value is -2.28. The molecule has 2 aliphatic carbocycles. The molecule has 158 valence electrons. The number of carbonyl (C=O) groups excluding carboxylic acids is 2. The number of terminal acetylenes is 1. The van der Waals surface area contributed by atoms with Crippen molar-refractivity contribution in [2.75, 3.05) is 13.6 Å². The first-order valence-electron chi connectivity index (χ1n) is 9.82. The Labute approximate surface area is 170 Å². The van der Waals surface area contributed by atoms with Crippen LogP contribution in [0.5, 0.6) is 0 Å². The van der Waals surface area contributed by atoms with Gasteiger partial charge in [0.25, 0.3) is 0 Å². The molecule has 0 N–H and O–H groups in total. The largest absolute Gasteiger partial charge is 0.391 e. The van der Waals surface area contributed by atoms with Crippen LogP contribution in [0.3, 0.4) is 0 Å². The van der Waals surface area contributed by atoms with E-state index in [0.29, 0.717) is 19.4 Å². The molecule has 1 saturated carbocycles. The number of nitrogens with zero attached hydrogens (tertiary/aromatic N) is 2. The van der Waals surface area contributed by atoms with Crippen LogP contribution in [0.2, 0.25) is 0 Å². The smallest absolute Gasteiger partial charge is 0.345 e. The molecule has 1 amide bonds. The van der Waals surface area contributed by atoms with Gasteiger partial charge in [-0.3, -0.25) is 9.59 Å². The van der Waals surface area contributed by atoms with E-state index >= 15 is 0 Å². The average Bonchev–Trinajstić information content (AvgIpc) is 2.67. The molecule has 7 heteroatoms. The van der Waals surface area contributed by atoms with Gasteiger partial charge in [-0.1, -0.05) is 19.8 Å². The van der Waals surface area contributed by atoms with Gasteiger partial charge in [-0.2, -0.15) is 18.4 Å². The normalized spacial score (nSPS) is 29.4. The van der Waals surface area contributed by atoms with E-state index in [0.717, 1.165) is 0 Å². The quantitative estimate of drug-likeness (QED) is 0.653. The topological polar surface area (TPSA) is 61.2 Å². The SMILES string of the molecule is C#C[C@@]1(CCN(C)C(=O)C2CCC(C(F)(F)F)CC2)C=C(C#N)C(=O)C(C)(C)C1. The van der Waals surface area contributed by atoms with Gasteiger partial charge in [0, 0.05) is 24.9 Å². The van der Waals surface area contributed by atoms with Gasteiger partial charge >= 0.3 is 6.18 Å². The molecule has 0 unspecified atom stereocenters. The lowest BCUT2D eigenvalue weighted by Crippen LogP contribution is -2.41. The van der Waals surface area contributed by atoms with Crippen LogP contribution in [-0.4, -0.2) is 36.4 Å². The number of Topliss-reactive ketones (excluding diaryl/α,β-unsaturated/α-hetero) is 1. The molecule has 1 fully saturated rings. The van der Waals surface area contributed by atoms with Crippen LogP contribution in [0.4, 0.5) is 13.2 Å². The van der Waals surface area contributed by atoms with Crippen molar-refractivity contribution in [3.05, 3.63) is 11.6 Å². The van der Waals surface area contributed by atoms with E-state index in [1.165, 1.54) is 11.0 Å². The van der Waals surface area contributed by atoms with E-state index in [9.17, 15) is 28.0 Å². The number of carbonyl (C=O) groups is 2. The Morgan fingerprint density at radius 3 is 2.38 bits per heavy atom. The van der Waals surface area contributed by atoms with Crippen molar-refractivity contribution >= 4 is 11.7 Å². The Balaban J connectivity index is 2.02. The second kappa shape index (κ2) is 8.22. The van der Waals surface area contributed by atoms with Crippen molar-refractivity contribution in [1.29, 1.82) is 5.26 Å². The molecule has 2 aliphatic rings. The van der Waals surface area contributed by atoms with E-state index < -0.39 is 28.8 Å². The van der Waals surface area contributed by atoms with Crippen LogP contribution in [0.1, 0.15) is 52.4 Å². The second-order valence-electron chi connectivity index (χ2n) is 8.96. The van der Waals surface area contributed by atoms with E-state index in [1.807, 2.05) is 6.07 Å². The summed E-state index contributed by atoms with van der Waals surface area (Å²) in [5.41, 5.74) is -1.55. The summed E-state index contributed by atoms with van der Waals surface area (Å²) < 4.78 is 38.5. The molecule has 2 rings (SSSR count). The van der Waals surface area contributed by atoms with E-state index in [4.69, 9.17) is 6.42 Å². The number of ketones is 1. The van der Waals surface area contributed by atoms with E-state index in [2.05, 4.69) is 5.92 Å². The van der Waals surface area contributed by atoms with Crippen LogP contribution in [0.25, 0.3) is 0 Å². The van der Waals surface area contributed by atoms with Crippen LogP contribution < -0.4 is 0 Å². The van der Waals surface area contributed by atoms with Gasteiger partial charge in [0.1, 0.15) is 6.07 Å². The van der Waals surface area contributed by atoms with Crippen molar-refractivity contribution < 1.29 is 22.8 Å². The van der Waals surface area contributed by atoms with E-state index in [1.54, 1.807) is 20.9 Å². The minimum atomic E-state index is -4.20. The minimum Gasteiger partial charge on any atom is -0.345 e. The lowest BCUT2D eigenvalue weighted by Gasteiger charge is -2.39. The summed E-state index contributed by atoms with van der Waals surface area (Å²) in [7, 11) is 1.62. The fourth-order valence-electron chi connectivity index (χ4n) is 4.49. The molecule has 0 aliphatic heterocycles. The lowest BCUT2D eigenvalue weighted by atomic mass is 9.63. The zero-order chi connectivity index (χ0) is 22.0. The fraction of sp³-hybridized carbons (Fsp3) is 0.682. The molecular weight excluding hydrogens is 381 g/mol. The third-order valence-electron chi connectivity index (χ3n) is 6.25. The van der Waals surface area contributed by atoms with Crippen molar-refractivity contribution in [2.24, 2.45) is 22.7 Å². The molecule has 0 bridgehead atoms. The second-order valence-corrected chi connectivity index (χ2v) is 8.96. The predicted octanol–water partition coefficient (Wildman–Crippen LogP) is 4.27. The monoisotopic (exact) mass is 408 g/mol. The number of alkyl halides is 3. The number of hydrogen-bond donors (Lipinski definition) is 0. The number of rotatable bonds is 4. The summed E-state index contributed by atoms with van der Waals surface area (Å²) >= 11 is 0. The highest BCUT2D eigenvalue weighted by atomic mass is 19.4. The van der Waals surface area contributed by atoms with Gasteiger partial charge in [-0.05, 0) is 44.6 Å². The third kappa shape index (κ3) is 5.01. The predicted molar refractivity (Wildman–Crippen MR) is 102 cm³/mol. The number of amides is 1. The summed E-state index contributed by atoms with van der Waals surface area (Å²) in [5.74, 6) is 0.571. The Bertz CT molecular complexity index is 777. The summed E-state index contributed by atoms with van der Waals surface area (Å²) in [6.45, 7) is 3.81. The highest BCUT2D eigenvalue weighted by Gasteiger charge is 2.45. The molecule has 0 aromatic rings. The van der Waals surface area contributed by atoms with Gasteiger partial charge in [-0.25, -0.2) is 0 Å². The van der Waals surface area contributed by atoms with Crippen LogP contribution in [0.15, 0.2) is 11.6 Å². The molecule has 0 heterocycles. The van der Waals surface area contributed by atoms with Crippen molar-refractivity contribution in [2.45, 2.75) is 58.5 Å². The lowest BCUT2D eigenvalue weighted by molar-refractivity contribution is -0.185. The Morgan fingerprint density at radius 2 is 1.90 bits per heavy atom. The molecule has 0 spiro atoms. The molecule has 4 nitrogen and oxygen atoms in total. The van der Waals surface area contributed by atoms with Gasteiger partial charge in [-0.15, -0.1) is 6.42 Å². The molecule has 0 radical (unpaired) electrons. The van der Waals surface area contributed by atoms with Crippen LogP contribution in [0, 0.1) is 46.3 Å². The summed E-state index contributed by atoms with van der Waals surface area (Å²) in [5, 5.41) is 9.28. The summed E-state index contributed by atoms with van der Waals surface area (Å²) in [6, 6.07) is 1.92. The Kier molecular flexibility index (Phi) is 6.52. The highest BCUT2D eigenvalue weighted by molar-refractivity contribution is 6.03. The van der Waals surface area contributed by atoms with Crippen molar-refractivity contribution in [3.63, 3.8) is 0 Å². The van der Waals surface area contributed by atoms with E-state index in [-0.39, 0.29) is 42.9 Å². The summed E-state index contributed by atoms with van der Waals surface area (Å²) in [4.78, 5) is 26.5. The van der Waals surface area contributed by atoms with Crippen molar-refractivity contribution in [1.82, 2.24) is 4.90 Å². The van der Waals surface area contributed by atoms with Gasteiger partial charge < -0.3 is 4.90 Å². The average molecular weight is 408 g/mol. The molecule has 0 saturated heterocycles. The van der Waals surface area contributed by atoms with Gasteiger partial charge in [0.15, 0.2) is 5.78 Å². The maximum atomic E-state index is 12.8. The summed E-state index contributed by atoms with van der Waals surface area (Å²) in [6.07, 6.45) is 4.27. The minimum absolute atomic E-state index is 0.0212. The number of hydrogen-bond acceptors (Lipinski definition) is 3. The highest BCUT2D eigenvalue weighted by Crippen LogP contribution is 2.45. The van der Waals surface area contributed by atoms with Gasteiger partial charge in [0.05, 0.1) is 16.9 Å². The standard InChI is InChI=1S/C22H27F3N2O2/c1-5-21(12-16(13-26)18(28)20(2,3)14-21)10-11-27(4)19(29)15-6-8-17(9-7-15)22(23,24)25/h1,12,15,17H,6-11,14H2,2-4H3/t15?,17?,21-/m1/s1. The molecule has 1 atom stereocenters. The van der Waals surface area contributed by atoms with Crippen LogP contribution in [-0.2, 0) is 9.59 Å². The maximum absolute atomic E-state index is 12.8. The first-order valence-corrected chi connectivity index (χ1v) is 9.82. The number of nitriles is 1. The van der Waals surface area contributed by atoms with Gasteiger partial charge in [0.2, 0.25) is 5.91 Å². The number of allylic oxidation sites excluding steroid dienone is 2. The molecule has 0 aromatic heterocycles. The molecule has 29 heavy (non-hydrogen) atoms. The third-order valence-corrected chi connectivity index (χ3v) is 6.25. The zero-order valence-electron chi connectivity index (χ0n) is 17.1. The Morgan fingerprint density at radius 1 is 1.31 bits per heavy atom. The molecule has 0 aromatic carbocycles. The first-order chi connectivity index (χ1) is 13.3. The number of halogens is 3. The maximum Gasteiger partial charge on any atom is 0.391 e. The van der Waals surface area contributed by atoms with Crippen LogP contribution >= 0.6 is 0 Å². The zero-order valence-corrected chi connectivity index (χ0v) is 17.1. The molecular formula is C22H27F3N2O2. The first kappa shape index (κ1) is 23.0. The van der Waals surface area contributed by atoms with Crippen molar-refractivity contribution in [3.8, 4) is 18.4 Å².